The summed E-state index contributed by atoms with van der Waals surface area (Å²) in [4.78, 5) is 15.3. The summed E-state index contributed by atoms with van der Waals surface area (Å²) in [5.41, 5.74) is 4.04. The van der Waals surface area contributed by atoms with Crippen molar-refractivity contribution in [2.75, 3.05) is 4.90 Å². The van der Waals surface area contributed by atoms with Gasteiger partial charge in [-0.25, -0.2) is 0 Å². The number of nitrogens with zero attached hydrogens (tertiary/aromatic N) is 1. The number of fused-ring (bicyclic) bond motifs is 1. The quantitative estimate of drug-likeness (QED) is 0.493. The molecule has 3 aromatic carbocycles. The van der Waals surface area contributed by atoms with Crippen LogP contribution >= 0.6 is 0 Å². The first-order valence-corrected chi connectivity index (χ1v) is 10.1. The molecule has 1 unspecified atom stereocenters. The van der Waals surface area contributed by atoms with E-state index in [0.29, 0.717) is 0 Å². The summed E-state index contributed by atoms with van der Waals surface area (Å²) in [5.74, 6) is 0.0152. The fourth-order valence-electron chi connectivity index (χ4n) is 4.79. The van der Waals surface area contributed by atoms with Gasteiger partial charge in [0.15, 0.2) is 0 Å². The average molecular weight is 382 g/mol. The van der Waals surface area contributed by atoms with Gasteiger partial charge < -0.3 is 4.90 Å². The van der Waals surface area contributed by atoms with Gasteiger partial charge in [-0.3, -0.25) is 4.79 Å². The first-order valence-electron chi connectivity index (χ1n) is 10.1. The van der Waals surface area contributed by atoms with Crippen LogP contribution < -0.4 is 4.90 Å². The van der Waals surface area contributed by atoms with E-state index in [1.807, 2.05) is 47.4 Å². The molecule has 1 amide bonds. The Balaban J connectivity index is 1.78. The Hall–Kier alpha value is -3.13. The minimum Gasteiger partial charge on any atom is -0.303 e. The molecule has 0 saturated heterocycles. The van der Waals surface area contributed by atoms with Crippen molar-refractivity contribution in [2.24, 2.45) is 0 Å². The van der Waals surface area contributed by atoms with Crippen LogP contribution in [0.1, 0.15) is 43.9 Å². The van der Waals surface area contributed by atoms with Crippen molar-refractivity contribution < 1.29 is 4.79 Å². The van der Waals surface area contributed by atoms with Crippen LogP contribution in [0.5, 0.6) is 0 Å². The zero-order chi connectivity index (χ0) is 20.5. The van der Waals surface area contributed by atoms with Gasteiger partial charge in [-0.05, 0) is 49.1 Å². The van der Waals surface area contributed by atoms with E-state index in [1.165, 1.54) is 11.1 Å². The summed E-state index contributed by atoms with van der Waals surface area (Å²) in [6.45, 7) is 6.63. The molecular formula is C27H27NO. The molecule has 0 radical (unpaired) electrons. The third-order valence-corrected chi connectivity index (χ3v) is 5.98. The van der Waals surface area contributed by atoms with E-state index >= 15 is 0 Å². The third-order valence-electron chi connectivity index (χ3n) is 5.98. The minimum absolute atomic E-state index is 0.0152. The number of hydrogen-bond acceptors (Lipinski definition) is 1. The van der Waals surface area contributed by atoms with Gasteiger partial charge in [-0.1, -0.05) is 85.8 Å². The topological polar surface area (TPSA) is 20.3 Å². The highest BCUT2D eigenvalue weighted by Gasteiger charge is 2.47. The summed E-state index contributed by atoms with van der Waals surface area (Å²) in [7, 11) is 0. The lowest BCUT2D eigenvalue weighted by Gasteiger charge is -2.51. The standard InChI is InChI=1S/C27H27NO/c1-26(2)20-27(3,22-14-8-5-9-15-22)23-16-10-11-17-24(23)28(26)25(29)19-18-21-12-6-4-7-13-21/h4-19H,20H2,1-3H3/b19-18+. The monoisotopic (exact) mass is 381 g/mol. The van der Waals surface area contributed by atoms with Crippen LogP contribution in [-0.4, -0.2) is 11.4 Å². The second kappa shape index (κ2) is 7.36. The van der Waals surface area contributed by atoms with Gasteiger partial charge in [0.25, 0.3) is 5.91 Å². The molecule has 1 aliphatic heterocycles. The molecule has 0 bridgehead atoms. The maximum atomic E-state index is 13.3. The van der Waals surface area contributed by atoms with E-state index < -0.39 is 0 Å². The Labute approximate surface area is 173 Å². The largest absolute Gasteiger partial charge is 0.303 e. The fourth-order valence-corrected chi connectivity index (χ4v) is 4.79. The molecule has 1 atom stereocenters. The molecular weight excluding hydrogens is 354 g/mol. The van der Waals surface area contributed by atoms with Gasteiger partial charge in [0.1, 0.15) is 0 Å². The van der Waals surface area contributed by atoms with Crippen LogP contribution in [0.15, 0.2) is 91.0 Å². The van der Waals surface area contributed by atoms with E-state index in [1.54, 1.807) is 6.08 Å². The highest BCUT2D eigenvalue weighted by Crippen LogP contribution is 2.50. The van der Waals surface area contributed by atoms with E-state index in [2.05, 4.69) is 69.3 Å². The molecule has 146 valence electrons. The van der Waals surface area contributed by atoms with Crippen molar-refractivity contribution in [1.29, 1.82) is 0 Å². The van der Waals surface area contributed by atoms with Crippen LogP contribution in [0.2, 0.25) is 0 Å². The van der Waals surface area contributed by atoms with Crippen LogP contribution in [0.25, 0.3) is 6.08 Å². The van der Waals surface area contributed by atoms with E-state index in [9.17, 15) is 4.79 Å². The second-order valence-electron chi connectivity index (χ2n) is 8.62. The molecule has 0 N–H and O–H groups in total. The lowest BCUT2D eigenvalue weighted by molar-refractivity contribution is -0.115. The first-order chi connectivity index (χ1) is 13.9. The summed E-state index contributed by atoms with van der Waals surface area (Å²) in [6.07, 6.45) is 4.44. The summed E-state index contributed by atoms with van der Waals surface area (Å²) < 4.78 is 0. The SMILES string of the molecule is CC1(c2ccccc2)CC(C)(C)N(C(=O)/C=C/c2ccccc2)c2ccccc21. The number of para-hydroxylation sites is 1. The van der Waals surface area contributed by atoms with Gasteiger partial charge in [-0.2, -0.15) is 0 Å². The molecule has 0 aromatic heterocycles. The minimum atomic E-state index is -0.322. The number of hydrogen-bond donors (Lipinski definition) is 0. The maximum Gasteiger partial charge on any atom is 0.251 e. The van der Waals surface area contributed by atoms with Crippen LogP contribution in [0, 0.1) is 0 Å². The van der Waals surface area contributed by atoms with Crippen LogP contribution in [0.3, 0.4) is 0 Å². The Morgan fingerprint density at radius 1 is 0.828 bits per heavy atom. The maximum absolute atomic E-state index is 13.3. The average Bonchev–Trinajstić information content (AvgIpc) is 2.73. The molecule has 29 heavy (non-hydrogen) atoms. The fraction of sp³-hybridized carbons (Fsp3) is 0.222. The predicted octanol–water partition coefficient (Wildman–Crippen LogP) is 6.22. The number of anilines is 1. The zero-order valence-corrected chi connectivity index (χ0v) is 17.3. The van der Waals surface area contributed by atoms with E-state index in [0.717, 1.165) is 17.7 Å². The van der Waals surface area contributed by atoms with Crippen molar-refractivity contribution in [3.63, 3.8) is 0 Å². The van der Waals surface area contributed by atoms with Crippen molar-refractivity contribution in [3.8, 4) is 0 Å². The van der Waals surface area contributed by atoms with Gasteiger partial charge in [0.2, 0.25) is 0 Å². The molecule has 3 aromatic rings. The number of amides is 1. The second-order valence-corrected chi connectivity index (χ2v) is 8.62. The van der Waals surface area contributed by atoms with E-state index in [-0.39, 0.29) is 16.9 Å². The molecule has 0 aliphatic carbocycles. The molecule has 1 aliphatic rings. The molecule has 0 fully saturated rings. The number of benzene rings is 3. The van der Waals surface area contributed by atoms with Crippen LogP contribution in [-0.2, 0) is 10.2 Å². The molecule has 2 nitrogen and oxygen atoms in total. The summed E-state index contributed by atoms with van der Waals surface area (Å²) in [6, 6.07) is 28.9. The van der Waals surface area contributed by atoms with Crippen LogP contribution in [0.4, 0.5) is 5.69 Å². The smallest absolute Gasteiger partial charge is 0.251 e. The Kier molecular flexibility index (Phi) is 4.87. The molecule has 1 heterocycles. The summed E-state index contributed by atoms with van der Waals surface area (Å²) >= 11 is 0. The van der Waals surface area contributed by atoms with Gasteiger partial charge in [0, 0.05) is 22.7 Å². The first kappa shape index (κ1) is 19.2. The predicted molar refractivity (Wildman–Crippen MR) is 121 cm³/mol. The highest BCUT2D eigenvalue weighted by atomic mass is 16.2. The normalized spacial score (nSPS) is 20.4. The Morgan fingerprint density at radius 3 is 2.10 bits per heavy atom. The number of carbonyl (C=O) groups is 1. The highest BCUT2D eigenvalue weighted by molar-refractivity contribution is 6.06. The molecule has 2 heteroatoms. The van der Waals surface area contributed by atoms with Crippen molar-refractivity contribution in [3.05, 3.63) is 108 Å². The summed E-state index contributed by atoms with van der Waals surface area (Å²) in [5, 5.41) is 0. The lowest BCUT2D eigenvalue weighted by atomic mass is 9.65. The Morgan fingerprint density at radius 2 is 1.41 bits per heavy atom. The van der Waals surface area contributed by atoms with Gasteiger partial charge in [0.05, 0.1) is 0 Å². The van der Waals surface area contributed by atoms with Crippen molar-refractivity contribution >= 4 is 17.7 Å². The number of carbonyl (C=O) groups excluding carboxylic acids is 1. The molecule has 4 rings (SSSR count). The number of rotatable bonds is 3. The van der Waals surface area contributed by atoms with Crippen molar-refractivity contribution in [1.82, 2.24) is 0 Å². The lowest BCUT2D eigenvalue weighted by Crippen LogP contribution is -2.55. The van der Waals surface area contributed by atoms with E-state index in [4.69, 9.17) is 0 Å². The zero-order valence-electron chi connectivity index (χ0n) is 17.3. The van der Waals surface area contributed by atoms with Gasteiger partial charge in [-0.15, -0.1) is 0 Å². The molecule has 0 saturated carbocycles. The molecule has 0 spiro atoms. The van der Waals surface area contributed by atoms with Gasteiger partial charge >= 0.3 is 0 Å². The third kappa shape index (κ3) is 3.51. The Bertz CT molecular complexity index is 1040. The van der Waals surface area contributed by atoms with Crippen molar-refractivity contribution in [2.45, 2.75) is 38.1 Å².